The number of pyridine rings is 2. The third-order valence-corrected chi connectivity index (χ3v) is 4.76. The highest BCUT2D eigenvalue weighted by atomic mass is 16.3. The molecule has 4 aromatic rings. The molecule has 3 aromatic heterocycles. The van der Waals surface area contributed by atoms with Gasteiger partial charge in [0.2, 0.25) is 11.4 Å². The van der Waals surface area contributed by atoms with Crippen LogP contribution in [0.15, 0.2) is 47.0 Å². The molecule has 3 heteroatoms. The van der Waals surface area contributed by atoms with Crippen LogP contribution in [0.2, 0.25) is 0 Å². The minimum absolute atomic E-state index is 0.500. The molecule has 3 heterocycles. The van der Waals surface area contributed by atoms with Crippen molar-refractivity contribution in [3.63, 3.8) is 0 Å². The lowest BCUT2D eigenvalue weighted by Crippen LogP contribution is -2.32. The normalized spacial score (nSPS) is 13.9. The molecule has 0 N–H and O–H groups in total. The van der Waals surface area contributed by atoms with Gasteiger partial charge in [-0.1, -0.05) is 32.9 Å². The number of aryl methyl sites for hydroxylation is 3. The summed E-state index contributed by atoms with van der Waals surface area (Å²) in [5, 5.41) is 2.05. The summed E-state index contributed by atoms with van der Waals surface area (Å²) < 4.78 is 25.4. The fourth-order valence-corrected chi connectivity index (χ4v) is 3.60. The molecule has 0 saturated carbocycles. The number of furan rings is 1. The number of hydrogen-bond acceptors (Lipinski definition) is 2. The minimum atomic E-state index is -1.44. The molecule has 3 nitrogen and oxygen atoms in total. The second-order valence-electron chi connectivity index (χ2n) is 8.33. The van der Waals surface area contributed by atoms with Gasteiger partial charge in [0, 0.05) is 30.8 Å². The monoisotopic (exact) mass is 361 g/mol. The van der Waals surface area contributed by atoms with Gasteiger partial charge in [-0.2, -0.15) is 0 Å². The third-order valence-electron chi connectivity index (χ3n) is 4.76. The maximum atomic E-state index is 8.58. The van der Waals surface area contributed by atoms with Crippen molar-refractivity contribution in [2.45, 2.75) is 41.0 Å². The molecule has 27 heavy (non-hydrogen) atoms. The quantitative estimate of drug-likeness (QED) is 0.430. The molecular weight excluding hydrogens is 332 g/mol. The number of nitrogens with zero attached hydrogens (tertiary/aromatic N) is 2. The Hall–Kier alpha value is -2.68. The summed E-state index contributed by atoms with van der Waals surface area (Å²) in [6.45, 7) is 9.81. The Balaban J connectivity index is 1.95. The molecular formula is C24H27N2O+. The molecule has 0 aliphatic rings. The Bertz CT molecular complexity index is 1250. The average molecular weight is 362 g/mol. The maximum Gasteiger partial charge on any atom is 0.227 e. The lowest BCUT2D eigenvalue weighted by atomic mass is 9.88. The van der Waals surface area contributed by atoms with Crippen molar-refractivity contribution >= 4 is 22.1 Å². The van der Waals surface area contributed by atoms with E-state index in [1.165, 1.54) is 0 Å². The Kier molecular flexibility index (Phi) is 3.53. The number of benzene rings is 1. The number of aromatic nitrogens is 2. The second-order valence-corrected chi connectivity index (χ2v) is 8.33. The smallest absolute Gasteiger partial charge is 0.227 e. The summed E-state index contributed by atoms with van der Waals surface area (Å²) in [7, 11) is 1.96. The van der Waals surface area contributed by atoms with Crippen molar-refractivity contribution in [2.24, 2.45) is 12.5 Å². The van der Waals surface area contributed by atoms with E-state index < -0.39 is 11.8 Å². The number of rotatable bonds is 2. The van der Waals surface area contributed by atoms with E-state index in [2.05, 4.69) is 30.1 Å². The van der Waals surface area contributed by atoms with Gasteiger partial charge in [0.15, 0.2) is 11.8 Å². The zero-order chi connectivity index (χ0) is 21.1. The van der Waals surface area contributed by atoms with Gasteiger partial charge in [-0.25, -0.2) is 9.55 Å². The first-order valence-electron chi connectivity index (χ1n) is 10.3. The largest absolute Gasteiger partial charge is 0.437 e. The van der Waals surface area contributed by atoms with Crippen molar-refractivity contribution in [3.05, 3.63) is 59.4 Å². The summed E-state index contributed by atoms with van der Waals surface area (Å²) in [4.78, 5) is 4.55. The van der Waals surface area contributed by atoms with Crippen LogP contribution in [0.4, 0.5) is 0 Å². The third kappa shape index (κ3) is 3.23. The molecule has 0 atom stereocenters. The van der Waals surface area contributed by atoms with Crippen LogP contribution in [-0.4, -0.2) is 4.98 Å². The van der Waals surface area contributed by atoms with E-state index >= 15 is 0 Å². The highest BCUT2D eigenvalue weighted by Gasteiger charge is 2.22. The maximum absolute atomic E-state index is 8.58. The first-order valence-corrected chi connectivity index (χ1v) is 9.31. The predicted molar refractivity (Wildman–Crippen MR) is 111 cm³/mol. The topological polar surface area (TPSA) is 29.9 Å². The van der Waals surface area contributed by atoms with Crippen LogP contribution in [0.3, 0.4) is 0 Å². The van der Waals surface area contributed by atoms with Crippen molar-refractivity contribution in [2.75, 3.05) is 0 Å². The molecule has 0 amide bonds. The SMILES string of the molecule is [2H]C([2H])(c1ccc(-c2c(C)ccc3c2oc2nc(C)ccc23)[n+](C)c1)C(C)(C)C. The standard InChI is InChI=1S/C24H27N2O/c1-15-7-10-18-19-11-8-16(2)25-23(19)27-22(18)21(15)20-12-9-17(14-26(20)6)13-24(3,4)5/h7-12,14H,13H2,1-6H3/q+1/i13D2. The van der Waals surface area contributed by atoms with Crippen molar-refractivity contribution < 1.29 is 11.7 Å². The second kappa shape index (κ2) is 6.19. The molecule has 138 valence electrons. The average Bonchev–Trinajstić information content (AvgIpc) is 2.98. The van der Waals surface area contributed by atoms with E-state index in [0.717, 1.165) is 38.9 Å². The number of fused-ring (bicyclic) bond motifs is 3. The Morgan fingerprint density at radius 1 is 1.04 bits per heavy atom. The Labute approximate surface area is 163 Å². The van der Waals surface area contributed by atoms with Gasteiger partial charge >= 0.3 is 0 Å². The molecule has 1 aromatic carbocycles. The van der Waals surface area contributed by atoms with E-state index in [0.29, 0.717) is 11.3 Å². The van der Waals surface area contributed by atoms with E-state index in [1.807, 2.05) is 63.7 Å². The van der Waals surface area contributed by atoms with Crippen molar-refractivity contribution in [1.29, 1.82) is 0 Å². The Morgan fingerprint density at radius 3 is 2.48 bits per heavy atom. The summed E-state index contributed by atoms with van der Waals surface area (Å²) in [6, 6.07) is 12.1. The highest BCUT2D eigenvalue weighted by molar-refractivity contribution is 6.08. The van der Waals surface area contributed by atoms with Gasteiger partial charge in [-0.3, -0.25) is 0 Å². The zero-order valence-corrected chi connectivity index (χ0v) is 16.8. The van der Waals surface area contributed by atoms with Crippen LogP contribution in [0.25, 0.3) is 33.3 Å². The van der Waals surface area contributed by atoms with Crippen LogP contribution in [0.5, 0.6) is 0 Å². The molecule has 0 aliphatic carbocycles. The van der Waals surface area contributed by atoms with Gasteiger partial charge in [-0.15, -0.1) is 0 Å². The first kappa shape index (κ1) is 15.4. The molecule has 0 saturated heterocycles. The van der Waals surface area contributed by atoms with E-state index in [9.17, 15) is 0 Å². The highest BCUT2D eigenvalue weighted by Crippen LogP contribution is 2.36. The summed E-state index contributed by atoms with van der Waals surface area (Å²) in [6.07, 6.45) is 0.453. The molecule has 4 rings (SSSR count). The molecule has 0 bridgehead atoms. The zero-order valence-electron chi connectivity index (χ0n) is 18.8. The van der Waals surface area contributed by atoms with E-state index in [1.54, 1.807) is 0 Å². The molecule has 0 radical (unpaired) electrons. The summed E-state index contributed by atoms with van der Waals surface area (Å²) >= 11 is 0. The first-order chi connectivity index (χ1) is 13.5. The van der Waals surface area contributed by atoms with Crippen molar-refractivity contribution in [1.82, 2.24) is 4.98 Å². The molecule has 0 fully saturated rings. The summed E-state index contributed by atoms with van der Waals surface area (Å²) in [5.41, 5.74) is 5.67. The Morgan fingerprint density at radius 2 is 1.78 bits per heavy atom. The van der Waals surface area contributed by atoms with Crippen LogP contribution < -0.4 is 4.57 Å². The van der Waals surface area contributed by atoms with Crippen LogP contribution in [-0.2, 0) is 13.4 Å². The van der Waals surface area contributed by atoms with Crippen LogP contribution in [0, 0.1) is 19.3 Å². The van der Waals surface area contributed by atoms with Crippen LogP contribution in [0.1, 0.15) is 40.3 Å². The molecule has 0 aliphatic heterocycles. The van der Waals surface area contributed by atoms with Crippen molar-refractivity contribution in [3.8, 4) is 11.3 Å². The van der Waals surface area contributed by atoms with E-state index in [4.69, 9.17) is 7.16 Å². The number of hydrogen-bond donors (Lipinski definition) is 0. The van der Waals surface area contributed by atoms with Crippen LogP contribution >= 0.6 is 0 Å². The minimum Gasteiger partial charge on any atom is -0.437 e. The van der Waals surface area contributed by atoms with Gasteiger partial charge in [0.1, 0.15) is 7.05 Å². The summed E-state index contributed by atoms with van der Waals surface area (Å²) in [5.74, 6) is 0. The lowest BCUT2D eigenvalue weighted by molar-refractivity contribution is -0.660. The molecule has 0 spiro atoms. The van der Waals surface area contributed by atoms with Gasteiger partial charge < -0.3 is 4.42 Å². The van der Waals surface area contributed by atoms with E-state index in [-0.39, 0.29) is 0 Å². The predicted octanol–water partition coefficient (Wildman–Crippen LogP) is 5.68. The lowest BCUT2D eigenvalue weighted by Gasteiger charge is -2.17. The van der Waals surface area contributed by atoms with Gasteiger partial charge in [0.05, 0.1) is 5.56 Å². The fourth-order valence-electron chi connectivity index (χ4n) is 3.60. The fraction of sp³-hybridized carbons (Fsp3) is 0.333. The molecule has 0 unspecified atom stereocenters. The van der Waals surface area contributed by atoms with Gasteiger partial charge in [-0.05, 0) is 49.4 Å². The van der Waals surface area contributed by atoms with Gasteiger partial charge in [0.25, 0.3) is 0 Å².